The molecular formula is C32H31FN6O3. The molecule has 9 nitrogen and oxygen atoms in total. The molecule has 1 fully saturated rings. The summed E-state index contributed by atoms with van der Waals surface area (Å²) in [5, 5.41) is 11.5. The molecule has 3 N–H and O–H groups in total. The molecule has 1 atom stereocenters. The second-order valence-corrected chi connectivity index (χ2v) is 10.9. The highest BCUT2D eigenvalue weighted by Crippen LogP contribution is 2.47. The lowest BCUT2D eigenvalue weighted by atomic mass is 10.0. The van der Waals surface area contributed by atoms with Crippen molar-refractivity contribution in [3.05, 3.63) is 89.0 Å². The number of hydrogen-bond donors (Lipinski definition) is 3. The van der Waals surface area contributed by atoms with Gasteiger partial charge in [-0.3, -0.25) is 9.59 Å². The predicted molar refractivity (Wildman–Crippen MR) is 160 cm³/mol. The minimum Gasteiger partial charge on any atom is -0.450 e. The number of ether oxygens (including phenoxy) is 1. The van der Waals surface area contributed by atoms with Crippen LogP contribution in [0, 0.1) is 5.82 Å². The van der Waals surface area contributed by atoms with Crippen molar-refractivity contribution in [1.82, 2.24) is 24.8 Å². The van der Waals surface area contributed by atoms with Crippen LogP contribution in [0.25, 0.3) is 27.4 Å². The molecule has 214 valence electrons. The first kappa shape index (κ1) is 26.2. The zero-order chi connectivity index (χ0) is 28.6. The largest absolute Gasteiger partial charge is 0.450 e. The van der Waals surface area contributed by atoms with Crippen LogP contribution in [0.5, 0.6) is 11.5 Å². The number of aryl methyl sites for hydroxylation is 1. The smallest absolute Gasteiger partial charge is 0.256 e. The SMILES string of the molecule is O=C(NCCCn1ccnc1)c1cn2c3c(c(NCCC4CCCN4)c(F)cc3c1=O)Oc1c-2ccc2ccccc12. The number of nitrogens with zero attached hydrogens (tertiary/aromatic N) is 3. The van der Waals surface area contributed by atoms with Crippen molar-refractivity contribution in [2.75, 3.05) is 25.0 Å². The molecule has 0 saturated carbocycles. The Balaban J connectivity index is 1.29. The lowest BCUT2D eigenvalue weighted by molar-refractivity contribution is 0.0951. The van der Waals surface area contributed by atoms with Gasteiger partial charge in [-0.1, -0.05) is 30.3 Å². The number of aromatic nitrogens is 3. The molecule has 2 aliphatic heterocycles. The van der Waals surface area contributed by atoms with Crippen LogP contribution in [0.3, 0.4) is 0 Å². The number of anilines is 1. The number of benzene rings is 3. The highest BCUT2D eigenvalue weighted by Gasteiger charge is 2.29. The third-order valence-corrected chi connectivity index (χ3v) is 8.16. The van der Waals surface area contributed by atoms with Crippen LogP contribution in [-0.4, -0.2) is 45.7 Å². The molecule has 1 saturated heterocycles. The molecule has 42 heavy (non-hydrogen) atoms. The maximum atomic E-state index is 15.8. The summed E-state index contributed by atoms with van der Waals surface area (Å²) in [5.41, 5.74) is 0.729. The molecule has 1 unspecified atom stereocenters. The van der Waals surface area contributed by atoms with Gasteiger partial charge in [-0.2, -0.15) is 0 Å². The van der Waals surface area contributed by atoms with E-state index in [0.717, 1.165) is 36.6 Å². The van der Waals surface area contributed by atoms with Gasteiger partial charge in [-0.15, -0.1) is 0 Å². The number of amides is 1. The van der Waals surface area contributed by atoms with E-state index in [2.05, 4.69) is 20.9 Å². The number of rotatable bonds is 9. The first-order valence-corrected chi connectivity index (χ1v) is 14.4. The first-order valence-electron chi connectivity index (χ1n) is 14.4. The van der Waals surface area contributed by atoms with Crippen LogP contribution in [-0.2, 0) is 6.54 Å². The average Bonchev–Trinajstić information content (AvgIpc) is 3.72. The average molecular weight is 567 g/mol. The Kier molecular flexibility index (Phi) is 6.83. The van der Waals surface area contributed by atoms with E-state index in [0.29, 0.717) is 49.1 Å². The zero-order valence-corrected chi connectivity index (χ0v) is 23.0. The van der Waals surface area contributed by atoms with Gasteiger partial charge in [0.25, 0.3) is 5.91 Å². The molecule has 0 bridgehead atoms. The van der Waals surface area contributed by atoms with Gasteiger partial charge >= 0.3 is 0 Å². The van der Waals surface area contributed by atoms with E-state index in [1.165, 1.54) is 6.07 Å². The molecular weight excluding hydrogens is 535 g/mol. The van der Waals surface area contributed by atoms with Gasteiger partial charge in [-0.05, 0) is 49.7 Å². The molecule has 5 aromatic rings. The second kappa shape index (κ2) is 10.9. The Bertz CT molecular complexity index is 1860. The maximum Gasteiger partial charge on any atom is 0.256 e. The topological polar surface area (TPSA) is 102 Å². The fourth-order valence-corrected chi connectivity index (χ4v) is 6.02. The van der Waals surface area contributed by atoms with Crippen LogP contribution in [0.15, 0.2) is 72.2 Å². The Morgan fingerprint density at radius 1 is 1.14 bits per heavy atom. The van der Waals surface area contributed by atoms with E-state index in [9.17, 15) is 9.59 Å². The quantitative estimate of drug-likeness (QED) is 0.214. The summed E-state index contributed by atoms with van der Waals surface area (Å²) in [4.78, 5) is 31.0. The van der Waals surface area contributed by atoms with Crippen LogP contribution < -0.4 is 26.1 Å². The monoisotopic (exact) mass is 566 g/mol. The van der Waals surface area contributed by atoms with E-state index in [4.69, 9.17) is 4.74 Å². The van der Waals surface area contributed by atoms with Gasteiger partial charge in [0.15, 0.2) is 17.3 Å². The van der Waals surface area contributed by atoms with Crippen molar-refractivity contribution in [1.29, 1.82) is 0 Å². The minimum absolute atomic E-state index is 0.0514. The van der Waals surface area contributed by atoms with Gasteiger partial charge in [-0.25, -0.2) is 9.37 Å². The first-order chi connectivity index (χ1) is 20.6. The predicted octanol–water partition coefficient (Wildman–Crippen LogP) is 4.96. The summed E-state index contributed by atoms with van der Waals surface area (Å²) in [5.74, 6) is -0.304. The third kappa shape index (κ3) is 4.67. The number of carbonyl (C=O) groups is 1. The maximum absolute atomic E-state index is 15.8. The summed E-state index contributed by atoms with van der Waals surface area (Å²) in [6.45, 7) is 2.60. The Labute approximate surface area is 241 Å². The zero-order valence-electron chi connectivity index (χ0n) is 23.0. The van der Waals surface area contributed by atoms with Gasteiger partial charge in [0.05, 0.1) is 17.4 Å². The van der Waals surface area contributed by atoms with Gasteiger partial charge in [0.1, 0.15) is 16.8 Å². The van der Waals surface area contributed by atoms with Crippen molar-refractivity contribution in [3.63, 3.8) is 0 Å². The molecule has 0 radical (unpaired) electrons. The van der Waals surface area contributed by atoms with Crippen molar-refractivity contribution in [2.24, 2.45) is 0 Å². The molecule has 7 rings (SSSR count). The number of imidazole rings is 1. The Morgan fingerprint density at radius 3 is 2.88 bits per heavy atom. The molecule has 2 aromatic heterocycles. The number of halogens is 1. The summed E-state index contributed by atoms with van der Waals surface area (Å²) < 4.78 is 26.0. The Morgan fingerprint density at radius 2 is 2.05 bits per heavy atom. The lowest BCUT2D eigenvalue weighted by Gasteiger charge is -2.27. The van der Waals surface area contributed by atoms with Gasteiger partial charge < -0.3 is 29.8 Å². The van der Waals surface area contributed by atoms with Crippen LogP contribution in [0.4, 0.5) is 10.1 Å². The number of fused-ring (bicyclic) bond motifs is 4. The normalized spacial score (nSPS) is 15.5. The molecule has 3 aromatic carbocycles. The van der Waals surface area contributed by atoms with Crippen molar-refractivity contribution >= 4 is 33.3 Å². The minimum atomic E-state index is -0.595. The summed E-state index contributed by atoms with van der Waals surface area (Å²) in [6, 6.07) is 13.3. The molecule has 1 amide bonds. The number of carbonyl (C=O) groups excluding carboxylic acids is 1. The standard InChI is InChI=1S/C32H31FN6O3/c33-25-17-23-28-31(27(25)36-13-10-21-6-3-11-35-21)42-30-22-7-2-1-5-20(22)8-9-26(30)39(28)18-24(29(23)40)32(41)37-12-4-15-38-16-14-34-19-38/h1-2,5,7-9,14,16-19,21,35-36H,3-4,6,10-13,15H2,(H,37,41). The number of pyridine rings is 1. The summed E-state index contributed by atoms with van der Waals surface area (Å²) in [6.07, 6.45) is 10.6. The van der Waals surface area contributed by atoms with Gasteiger partial charge in [0.2, 0.25) is 5.43 Å². The highest BCUT2D eigenvalue weighted by atomic mass is 19.1. The van der Waals surface area contributed by atoms with E-state index in [1.807, 2.05) is 47.2 Å². The van der Waals surface area contributed by atoms with E-state index in [-0.39, 0.29) is 22.4 Å². The van der Waals surface area contributed by atoms with Crippen molar-refractivity contribution in [3.8, 4) is 17.2 Å². The fraction of sp³-hybridized carbons (Fsp3) is 0.281. The van der Waals surface area contributed by atoms with E-state index in [1.54, 1.807) is 23.3 Å². The molecule has 10 heteroatoms. The van der Waals surface area contributed by atoms with Gasteiger partial charge in [0, 0.05) is 49.7 Å². The Hall–Kier alpha value is -4.70. The third-order valence-electron chi connectivity index (χ3n) is 8.16. The second-order valence-electron chi connectivity index (χ2n) is 10.9. The molecule has 0 aliphatic carbocycles. The van der Waals surface area contributed by atoms with Crippen molar-refractivity contribution in [2.45, 2.75) is 38.3 Å². The summed E-state index contributed by atoms with van der Waals surface area (Å²) in [7, 11) is 0. The number of nitrogens with one attached hydrogen (secondary N) is 3. The molecule has 0 spiro atoms. The summed E-state index contributed by atoms with van der Waals surface area (Å²) >= 11 is 0. The van der Waals surface area contributed by atoms with E-state index >= 15 is 4.39 Å². The number of hydrogen-bond acceptors (Lipinski definition) is 6. The lowest BCUT2D eigenvalue weighted by Crippen LogP contribution is -2.31. The van der Waals surface area contributed by atoms with Crippen LogP contribution in [0.1, 0.15) is 36.0 Å². The van der Waals surface area contributed by atoms with E-state index < -0.39 is 17.2 Å². The van der Waals surface area contributed by atoms with Crippen LogP contribution in [0.2, 0.25) is 0 Å². The highest BCUT2D eigenvalue weighted by molar-refractivity contribution is 6.03. The fourth-order valence-electron chi connectivity index (χ4n) is 6.02. The molecule has 2 aliphatic rings. The van der Waals surface area contributed by atoms with Crippen molar-refractivity contribution < 1.29 is 13.9 Å². The van der Waals surface area contributed by atoms with Crippen LogP contribution >= 0.6 is 0 Å². The molecule has 4 heterocycles.